The van der Waals surface area contributed by atoms with E-state index in [1.807, 2.05) is 16.3 Å². The van der Waals surface area contributed by atoms with Gasteiger partial charge in [0.1, 0.15) is 0 Å². The third-order valence-corrected chi connectivity index (χ3v) is 38.6. The van der Waals surface area contributed by atoms with Crippen LogP contribution in [0, 0.1) is 0 Å². The second-order valence-corrected chi connectivity index (χ2v) is 54.6. The molecule has 0 unspecified atom stereocenters. The van der Waals surface area contributed by atoms with Crippen LogP contribution in [0.2, 0.25) is 118 Å². The van der Waals surface area contributed by atoms with Crippen LogP contribution >= 0.6 is 0 Å². The Balaban J connectivity index is 3.35. The van der Waals surface area contributed by atoms with Crippen LogP contribution in [-0.4, -0.2) is 63.8 Å². The second-order valence-electron chi connectivity index (χ2n) is 18.9. The van der Waals surface area contributed by atoms with Crippen molar-refractivity contribution in [2.45, 2.75) is 133 Å². The van der Waals surface area contributed by atoms with Gasteiger partial charge in [0.2, 0.25) is 0 Å². The van der Waals surface area contributed by atoms with Gasteiger partial charge in [-0.15, -0.1) is 0 Å². The van der Waals surface area contributed by atoms with Crippen molar-refractivity contribution < 1.29 is 0 Å². The summed E-state index contributed by atoms with van der Waals surface area (Å²) in [5.41, 5.74) is 10.6. The number of hydrogen-bond acceptors (Lipinski definition) is 0. The van der Waals surface area contributed by atoms with Crippen LogP contribution in [0.15, 0.2) is 35.4 Å². The van der Waals surface area contributed by atoms with E-state index >= 15 is 0 Å². The average Bonchev–Trinajstić information content (AvgIpc) is 2.61. The van der Waals surface area contributed by atoms with Gasteiger partial charge in [-0.25, -0.2) is 0 Å². The van der Waals surface area contributed by atoms with Crippen molar-refractivity contribution in [1.29, 1.82) is 0 Å². The van der Waals surface area contributed by atoms with Crippen LogP contribution in [0.4, 0.5) is 0 Å². The van der Waals surface area contributed by atoms with Crippen LogP contribution in [0.5, 0.6) is 0 Å². The summed E-state index contributed by atoms with van der Waals surface area (Å²) in [7, 11) is -9.74. The Kier molecular flexibility index (Phi) is 10.7. The molecule has 0 bridgehead atoms. The zero-order chi connectivity index (χ0) is 30.6. The van der Waals surface area contributed by atoms with E-state index in [9.17, 15) is 0 Å². The molecular weight excluding hydrogens is 580 g/mol. The van der Waals surface area contributed by atoms with Gasteiger partial charge >= 0.3 is 254 Å². The first-order valence-electron chi connectivity index (χ1n) is 15.4. The Labute approximate surface area is 253 Å². The zero-order valence-electron chi connectivity index (χ0n) is 29.3. The summed E-state index contributed by atoms with van der Waals surface area (Å²) in [5.74, 6) is 4.72. The summed E-state index contributed by atoms with van der Waals surface area (Å²) in [6, 6.07) is 5.73. The van der Waals surface area contributed by atoms with Crippen molar-refractivity contribution in [2.24, 2.45) is 0 Å². The van der Waals surface area contributed by atoms with Crippen LogP contribution in [0.25, 0.3) is 5.19 Å². The first-order valence-corrected chi connectivity index (χ1v) is 38.5. The quantitative estimate of drug-likeness (QED) is 0.226. The molecule has 0 radical (unpaired) electrons. The molecule has 0 N–H and O–H groups in total. The van der Waals surface area contributed by atoms with E-state index in [0.29, 0.717) is 0 Å². The fourth-order valence-electron chi connectivity index (χ4n) is 9.04. The minimum absolute atomic E-state index is 0.775. The first-order chi connectivity index (χ1) is 17.2. The summed E-state index contributed by atoms with van der Waals surface area (Å²) in [5, 5.41) is 4.17. The number of hydrogen-bond donors (Lipinski definition) is 0. The Hall–Kier alpha value is 0.283. The summed E-state index contributed by atoms with van der Waals surface area (Å²) < 4.78 is 0. The molecule has 2 aromatic rings. The Morgan fingerprint density at radius 1 is 0.462 bits per heavy atom. The third-order valence-electron chi connectivity index (χ3n) is 8.44. The van der Waals surface area contributed by atoms with Gasteiger partial charge in [-0.3, -0.25) is 0 Å². The molecule has 0 spiro atoms. The SMILES string of the molecule is C[Si](C)(C)C(c1cc(C([Si](C)(C)C)[Si](C)(C)C)c(-[si]2ccbcc2)c(C([Si](C)(C)C)[Si](C)(C)C)c1)[Si](C)(C)C. The van der Waals surface area contributed by atoms with E-state index < -0.39 is 56.8 Å². The maximum atomic E-state index is 2.87. The van der Waals surface area contributed by atoms with E-state index in [1.165, 1.54) is 0 Å². The number of benzene rings is 1. The molecule has 218 valence electrons. The van der Waals surface area contributed by atoms with E-state index in [2.05, 4.69) is 160 Å². The van der Waals surface area contributed by atoms with Crippen molar-refractivity contribution in [3.63, 3.8) is 0 Å². The fourth-order valence-corrected chi connectivity index (χ4v) is 49.9. The Morgan fingerprint density at radius 3 is 1.00 bits per heavy atom. The maximum absolute atomic E-state index is 2.87. The molecule has 0 aliphatic carbocycles. The molecule has 0 aliphatic heterocycles. The molecule has 1 aromatic carbocycles. The molecule has 0 atom stereocenters. The third kappa shape index (κ3) is 8.66. The van der Waals surface area contributed by atoms with Crippen molar-refractivity contribution in [1.82, 2.24) is 0 Å². The predicted octanol–water partition coefficient (Wildman–Crippen LogP) is 10.6. The van der Waals surface area contributed by atoms with Crippen molar-refractivity contribution in [3.05, 3.63) is 52.1 Å². The van der Waals surface area contributed by atoms with E-state index in [1.54, 1.807) is 5.56 Å². The van der Waals surface area contributed by atoms with E-state index in [4.69, 9.17) is 0 Å². The number of rotatable bonds is 10. The standard InChI is InChI=1S/C31H63BSi7/c1-34(2,3)29(35(4,5)6)25-23-26(30(36(7,8)9)37(10,11)12)28(33-21-19-32-20-22-33)27(24-25)31(38(13,14)15)39(16,17)18/h19-24,29-31H,1-18H3. The average molecular weight is 643 g/mol. The van der Waals surface area contributed by atoms with Gasteiger partial charge in [0, 0.05) is 0 Å². The predicted molar refractivity (Wildman–Crippen MR) is 203 cm³/mol. The van der Waals surface area contributed by atoms with Crippen LogP contribution in [0.1, 0.15) is 32.2 Å². The molecule has 39 heavy (non-hydrogen) atoms. The minimum atomic E-state index is -1.49. The molecule has 8 heteroatoms. The van der Waals surface area contributed by atoms with Gasteiger partial charge in [-0.1, -0.05) is 0 Å². The zero-order valence-corrected chi connectivity index (χ0v) is 36.3. The van der Waals surface area contributed by atoms with Crippen molar-refractivity contribution in [3.8, 4) is 5.19 Å². The molecule has 2 rings (SSSR count). The molecule has 1 aromatic heterocycles. The van der Waals surface area contributed by atoms with Crippen molar-refractivity contribution in [2.75, 3.05) is 0 Å². The van der Waals surface area contributed by atoms with Gasteiger partial charge in [0.05, 0.1) is 0 Å². The molecule has 0 nitrogen and oxygen atoms in total. The summed E-state index contributed by atoms with van der Waals surface area (Å²) >= 11 is 0. The topological polar surface area (TPSA) is 0 Å². The van der Waals surface area contributed by atoms with Gasteiger partial charge < -0.3 is 0 Å². The summed E-state index contributed by atoms with van der Waals surface area (Å²) in [4.78, 5) is 0. The van der Waals surface area contributed by atoms with Gasteiger partial charge in [-0.2, -0.15) is 0 Å². The molecule has 0 amide bonds. The van der Waals surface area contributed by atoms with Crippen LogP contribution < -0.4 is 0 Å². The Bertz CT molecular complexity index is 1020. The van der Waals surface area contributed by atoms with Crippen LogP contribution in [0.3, 0.4) is 0 Å². The monoisotopic (exact) mass is 642 g/mol. The van der Waals surface area contributed by atoms with E-state index in [-0.39, 0.29) is 0 Å². The molecule has 0 saturated heterocycles. The molecule has 0 aliphatic rings. The molecule has 1 heterocycles. The Morgan fingerprint density at radius 2 is 0.744 bits per heavy atom. The summed E-state index contributed by atoms with van der Waals surface area (Å²) in [6.45, 7) is 50.3. The van der Waals surface area contributed by atoms with Gasteiger partial charge in [0.25, 0.3) is 0 Å². The summed E-state index contributed by atoms with van der Waals surface area (Å²) in [6.07, 6.45) is 0. The molecular formula is C31H63BSi7. The second kappa shape index (κ2) is 11.8. The molecule has 0 saturated carbocycles. The van der Waals surface area contributed by atoms with E-state index in [0.717, 1.165) is 15.5 Å². The molecule has 0 fully saturated rings. The van der Waals surface area contributed by atoms with Gasteiger partial charge in [-0.05, 0) is 0 Å². The first kappa shape index (κ1) is 35.5. The van der Waals surface area contributed by atoms with Gasteiger partial charge in [0.15, 0.2) is 0 Å². The van der Waals surface area contributed by atoms with Crippen molar-refractivity contribution >= 4 is 63.8 Å². The fraction of sp³-hybridized carbons (Fsp3) is 0.677. The normalized spacial score (nSPS) is 14.5. The van der Waals surface area contributed by atoms with Crippen LogP contribution in [-0.2, 0) is 0 Å².